The van der Waals surface area contributed by atoms with Gasteiger partial charge in [-0.2, -0.15) is 5.26 Å². The second kappa shape index (κ2) is 13.8. The average molecular weight is 488 g/mol. The number of carbonyl (C=O) groups is 1. The number of hydrogen-bond donors (Lipinski definition) is 1. The van der Waals surface area contributed by atoms with Crippen LogP contribution in [0.25, 0.3) is 0 Å². The van der Waals surface area contributed by atoms with E-state index in [1.54, 1.807) is 31.2 Å². The van der Waals surface area contributed by atoms with Crippen LogP contribution in [0.15, 0.2) is 53.4 Å². The standard InChI is InChI=1S/C14H21NO3.C12H13FN2S/c1-14(2,13(15)16)9-6-10-18-12-8-5-4-7-11(12)17-3;13-11-2-1-7-15(9-11)16-12-5-3-10(8-14)4-6-12/h4-5,7-8H,6,9-10H2,1-3H3,(H2,15,16);3-6,11H,1-2,7,9H2. The molecule has 1 heterocycles. The Labute approximate surface area is 206 Å². The van der Waals surface area contributed by atoms with Gasteiger partial charge in [0, 0.05) is 23.4 Å². The summed E-state index contributed by atoms with van der Waals surface area (Å²) in [4.78, 5) is 12.2. The molecule has 1 atom stereocenters. The Morgan fingerprint density at radius 1 is 1.24 bits per heavy atom. The van der Waals surface area contributed by atoms with Crippen molar-refractivity contribution >= 4 is 17.9 Å². The molecule has 0 bridgehead atoms. The van der Waals surface area contributed by atoms with Crippen LogP contribution in [-0.4, -0.2) is 43.2 Å². The van der Waals surface area contributed by atoms with Gasteiger partial charge in [-0.3, -0.25) is 4.79 Å². The number of amides is 1. The highest BCUT2D eigenvalue weighted by Gasteiger charge is 2.24. The smallest absolute Gasteiger partial charge is 0.223 e. The maximum atomic E-state index is 13.2. The quantitative estimate of drug-likeness (QED) is 0.378. The van der Waals surface area contributed by atoms with Crippen molar-refractivity contribution in [2.24, 2.45) is 11.1 Å². The number of piperidine rings is 1. The molecule has 1 fully saturated rings. The van der Waals surface area contributed by atoms with Gasteiger partial charge in [0.15, 0.2) is 11.5 Å². The van der Waals surface area contributed by atoms with E-state index in [0.717, 1.165) is 30.0 Å². The van der Waals surface area contributed by atoms with E-state index < -0.39 is 11.6 Å². The Hall–Kier alpha value is -2.76. The summed E-state index contributed by atoms with van der Waals surface area (Å²) in [5.41, 5.74) is 5.49. The third-order valence-electron chi connectivity index (χ3n) is 5.48. The summed E-state index contributed by atoms with van der Waals surface area (Å²) < 4.78 is 26.0. The number of ether oxygens (including phenoxy) is 2. The molecular weight excluding hydrogens is 453 g/mol. The molecule has 184 valence electrons. The van der Waals surface area contributed by atoms with Gasteiger partial charge in [0.25, 0.3) is 0 Å². The minimum absolute atomic E-state index is 0.278. The minimum Gasteiger partial charge on any atom is -0.493 e. The molecule has 1 saturated heterocycles. The number of primary amides is 1. The molecule has 1 aliphatic heterocycles. The number of para-hydroxylation sites is 2. The topological polar surface area (TPSA) is 88.6 Å². The molecule has 0 saturated carbocycles. The zero-order valence-electron chi connectivity index (χ0n) is 20.1. The second-order valence-corrected chi connectivity index (χ2v) is 9.88. The first-order chi connectivity index (χ1) is 16.2. The molecule has 2 N–H and O–H groups in total. The number of rotatable bonds is 9. The van der Waals surface area contributed by atoms with Crippen LogP contribution in [-0.2, 0) is 4.79 Å². The fourth-order valence-corrected chi connectivity index (χ4v) is 4.29. The van der Waals surface area contributed by atoms with E-state index >= 15 is 0 Å². The fourth-order valence-electron chi connectivity index (χ4n) is 3.27. The summed E-state index contributed by atoms with van der Waals surface area (Å²) in [5.74, 6) is 1.16. The first kappa shape index (κ1) is 27.5. The highest BCUT2D eigenvalue weighted by Crippen LogP contribution is 2.28. The lowest BCUT2D eigenvalue weighted by molar-refractivity contribution is -0.126. The maximum Gasteiger partial charge on any atom is 0.223 e. The third kappa shape index (κ3) is 9.24. The van der Waals surface area contributed by atoms with E-state index in [1.807, 2.05) is 50.2 Å². The second-order valence-electron chi connectivity index (χ2n) is 8.71. The van der Waals surface area contributed by atoms with Crippen molar-refractivity contribution in [2.75, 3.05) is 26.8 Å². The first-order valence-corrected chi connectivity index (χ1v) is 12.2. The van der Waals surface area contributed by atoms with Crippen molar-refractivity contribution in [1.29, 1.82) is 5.26 Å². The summed E-state index contributed by atoms with van der Waals surface area (Å²) in [6.45, 7) is 5.67. The molecular formula is C26H34FN3O3S. The zero-order valence-corrected chi connectivity index (χ0v) is 20.9. The van der Waals surface area contributed by atoms with Crippen molar-refractivity contribution in [1.82, 2.24) is 4.31 Å². The molecule has 1 amide bonds. The Morgan fingerprint density at radius 3 is 2.50 bits per heavy atom. The number of benzene rings is 2. The van der Waals surface area contributed by atoms with Crippen LogP contribution < -0.4 is 15.2 Å². The number of carbonyl (C=O) groups excluding carboxylic acids is 1. The third-order valence-corrected chi connectivity index (χ3v) is 6.56. The number of nitriles is 1. The van der Waals surface area contributed by atoms with Gasteiger partial charge in [-0.1, -0.05) is 26.0 Å². The van der Waals surface area contributed by atoms with Crippen molar-refractivity contribution in [2.45, 2.75) is 50.6 Å². The molecule has 0 aromatic heterocycles. The molecule has 34 heavy (non-hydrogen) atoms. The van der Waals surface area contributed by atoms with Gasteiger partial charge >= 0.3 is 0 Å². The SMILES string of the molecule is COc1ccccc1OCCCC(C)(C)C(N)=O.N#Cc1ccc(SN2CCCC(F)C2)cc1. The van der Waals surface area contributed by atoms with E-state index in [-0.39, 0.29) is 5.91 Å². The molecule has 0 spiro atoms. The van der Waals surface area contributed by atoms with Crippen LogP contribution >= 0.6 is 11.9 Å². The zero-order chi connectivity index (χ0) is 25.0. The van der Waals surface area contributed by atoms with Crippen molar-refractivity contribution < 1.29 is 18.7 Å². The molecule has 2 aromatic carbocycles. The summed E-state index contributed by atoms with van der Waals surface area (Å²) in [6, 6.07) is 17.0. The highest BCUT2D eigenvalue weighted by atomic mass is 32.2. The lowest BCUT2D eigenvalue weighted by Crippen LogP contribution is -2.31. The van der Waals surface area contributed by atoms with Crippen LogP contribution in [0.4, 0.5) is 4.39 Å². The average Bonchev–Trinajstić information content (AvgIpc) is 2.83. The molecule has 1 aliphatic rings. The number of alkyl halides is 1. The molecule has 2 aromatic rings. The van der Waals surface area contributed by atoms with Crippen molar-refractivity contribution in [3.05, 3.63) is 54.1 Å². The highest BCUT2D eigenvalue weighted by molar-refractivity contribution is 7.97. The van der Waals surface area contributed by atoms with Crippen molar-refractivity contribution in [3.63, 3.8) is 0 Å². The lowest BCUT2D eigenvalue weighted by atomic mass is 9.87. The summed E-state index contributed by atoms with van der Waals surface area (Å²) in [7, 11) is 1.61. The predicted octanol–water partition coefficient (Wildman–Crippen LogP) is 5.36. The fraction of sp³-hybridized carbons (Fsp3) is 0.462. The molecule has 6 nitrogen and oxygen atoms in total. The first-order valence-electron chi connectivity index (χ1n) is 11.4. The number of halogens is 1. The normalized spacial score (nSPS) is 16.0. The van der Waals surface area contributed by atoms with Crippen LogP contribution in [0, 0.1) is 16.7 Å². The number of methoxy groups -OCH3 is 1. The number of nitrogens with zero attached hydrogens (tertiary/aromatic N) is 2. The Kier molecular flexibility index (Phi) is 11.2. The van der Waals surface area contributed by atoms with E-state index in [1.165, 1.54) is 0 Å². The summed E-state index contributed by atoms with van der Waals surface area (Å²) in [6.07, 6.45) is 2.39. The van der Waals surface area contributed by atoms with Gasteiger partial charge in [0.1, 0.15) is 6.17 Å². The van der Waals surface area contributed by atoms with E-state index in [0.29, 0.717) is 37.3 Å². The predicted molar refractivity (Wildman–Crippen MR) is 133 cm³/mol. The van der Waals surface area contributed by atoms with Gasteiger partial charge in [-0.15, -0.1) is 0 Å². The van der Waals surface area contributed by atoms with Crippen molar-refractivity contribution in [3.8, 4) is 17.6 Å². The van der Waals surface area contributed by atoms with Gasteiger partial charge in [0.05, 0.1) is 25.3 Å². The lowest BCUT2D eigenvalue weighted by Gasteiger charge is -2.27. The molecule has 1 unspecified atom stereocenters. The largest absolute Gasteiger partial charge is 0.493 e. The van der Waals surface area contributed by atoms with Gasteiger partial charge < -0.3 is 15.2 Å². The van der Waals surface area contributed by atoms with Crippen LogP contribution in [0.1, 0.15) is 45.1 Å². The molecule has 3 rings (SSSR count). The van der Waals surface area contributed by atoms with E-state index in [9.17, 15) is 9.18 Å². The van der Waals surface area contributed by atoms with Crippen LogP contribution in [0.3, 0.4) is 0 Å². The van der Waals surface area contributed by atoms with Crippen LogP contribution in [0.2, 0.25) is 0 Å². The van der Waals surface area contributed by atoms with Gasteiger partial charge in [-0.05, 0) is 74.0 Å². The Bertz CT molecular complexity index is 947. The molecule has 8 heteroatoms. The number of nitrogens with two attached hydrogens (primary N) is 1. The Morgan fingerprint density at radius 2 is 1.91 bits per heavy atom. The monoisotopic (exact) mass is 487 g/mol. The maximum absolute atomic E-state index is 13.2. The molecule has 0 aliphatic carbocycles. The van der Waals surface area contributed by atoms with E-state index in [2.05, 4.69) is 10.4 Å². The van der Waals surface area contributed by atoms with Gasteiger partial charge in [0.2, 0.25) is 5.91 Å². The van der Waals surface area contributed by atoms with E-state index in [4.69, 9.17) is 20.5 Å². The van der Waals surface area contributed by atoms with Crippen LogP contribution in [0.5, 0.6) is 11.5 Å². The summed E-state index contributed by atoms with van der Waals surface area (Å²) >= 11 is 1.57. The number of hydrogen-bond acceptors (Lipinski definition) is 6. The minimum atomic E-state index is -0.695. The summed E-state index contributed by atoms with van der Waals surface area (Å²) in [5, 5.41) is 8.67. The Balaban J connectivity index is 0.000000241. The van der Waals surface area contributed by atoms with Gasteiger partial charge in [-0.25, -0.2) is 8.70 Å². The molecule has 0 radical (unpaired) electrons.